The third kappa shape index (κ3) is 3.28. The van der Waals surface area contributed by atoms with Crippen molar-refractivity contribution in [3.63, 3.8) is 0 Å². The van der Waals surface area contributed by atoms with Gasteiger partial charge in [0.05, 0.1) is 17.5 Å². The van der Waals surface area contributed by atoms with Gasteiger partial charge in [0, 0.05) is 19.2 Å². The topological polar surface area (TPSA) is 102 Å². The molecule has 0 aliphatic heterocycles. The second-order valence-electron chi connectivity index (χ2n) is 4.35. The van der Waals surface area contributed by atoms with Crippen LogP contribution in [0.25, 0.3) is 11.1 Å². The van der Waals surface area contributed by atoms with E-state index in [-0.39, 0.29) is 24.2 Å². The number of benzene rings is 1. The van der Waals surface area contributed by atoms with Gasteiger partial charge in [-0.3, -0.25) is 14.9 Å². The molecule has 1 amide bonds. The number of hydrogen-bond acceptors (Lipinski definition) is 6. The molecule has 0 spiro atoms. The molecule has 0 saturated carbocycles. The van der Waals surface area contributed by atoms with Crippen LogP contribution in [0, 0.1) is 10.1 Å². The molecule has 2 rings (SSSR count). The molecular formula is C13H16N4O4. The fourth-order valence-electron chi connectivity index (χ4n) is 1.94. The maximum absolute atomic E-state index is 11.8. The molecule has 112 valence electrons. The van der Waals surface area contributed by atoms with Crippen LogP contribution in [0.5, 0.6) is 0 Å². The number of likely N-dealkylation sites (N-methyl/N-ethyl adjacent to an activating group) is 1. The van der Waals surface area contributed by atoms with Crippen LogP contribution < -0.4 is 5.32 Å². The molecular weight excluding hydrogens is 276 g/mol. The predicted molar refractivity (Wildman–Crippen MR) is 77.1 cm³/mol. The molecule has 21 heavy (non-hydrogen) atoms. The van der Waals surface area contributed by atoms with Gasteiger partial charge in [0.1, 0.15) is 5.52 Å². The molecule has 1 heterocycles. The minimum Gasteiger partial charge on any atom is -0.423 e. The summed E-state index contributed by atoms with van der Waals surface area (Å²) in [4.78, 5) is 27.8. The van der Waals surface area contributed by atoms with E-state index in [9.17, 15) is 14.9 Å². The molecule has 0 fully saturated rings. The average Bonchev–Trinajstić information content (AvgIpc) is 2.88. The normalized spacial score (nSPS) is 10.6. The Hall–Kier alpha value is -2.64. The lowest BCUT2D eigenvalue weighted by Gasteiger charge is -2.18. The molecule has 0 aliphatic carbocycles. The monoisotopic (exact) mass is 292 g/mol. The van der Waals surface area contributed by atoms with E-state index in [0.717, 1.165) is 0 Å². The van der Waals surface area contributed by atoms with Crippen LogP contribution >= 0.6 is 0 Å². The fourth-order valence-corrected chi connectivity index (χ4v) is 1.94. The van der Waals surface area contributed by atoms with Gasteiger partial charge < -0.3 is 14.6 Å². The maximum Gasteiger partial charge on any atom is 0.296 e. The minimum absolute atomic E-state index is 0.0618. The second-order valence-corrected chi connectivity index (χ2v) is 4.35. The minimum atomic E-state index is -0.501. The van der Waals surface area contributed by atoms with Crippen LogP contribution in [0.2, 0.25) is 0 Å². The van der Waals surface area contributed by atoms with Crippen molar-refractivity contribution in [1.29, 1.82) is 0 Å². The highest BCUT2D eigenvalue weighted by molar-refractivity contribution is 5.81. The number of nitro groups is 1. The summed E-state index contributed by atoms with van der Waals surface area (Å²) in [7, 11) is 0. The lowest BCUT2D eigenvalue weighted by atomic mass is 10.3. The number of carbonyl (C=O) groups excluding carboxylic acids is 1. The van der Waals surface area contributed by atoms with E-state index >= 15 is 0 Å². The zero-order valence-electron chi connectivity index (χ0n) is 11.8. The quantitative estimate of drug-likeness (QED) is 0.645. The molecule has 0 unspecified atom stereocenters. The number of nitrogens with zero attached hydrogens (tertiary/aromatic N) is 3. The lowest BCUT2D eigenvalue weighted by Crippen LogP contribution is -2.35. The largest absolute Gasteiger partial charge is 0.423 e. The van der Waals surface area contributed by atoms with Crippen molar-refractivity contribution < 1.29 is 14.1 Å². The summed E-state index contributed by atoms with van der Waals surface area (Å²) in [6, 6.07) is 4.34. The van der Waals surface area contributed by atoms with Gasteiger partial charge in [-0.05, 0) is 19.9 Å². The van der Waals surface area contributed by atoms with Crippen molar-refractivity contribution in [3.05, 3.63) is 28.3 Å². The van der Waals surface area contributed by atoms with Crippen molar-refractivity contribution in [1.82, 2.24) is 9.88 Å². The number of rotatable bonds is 6. The van der Waals surface area contributed by atoms with E-state index in [1.54, 1.807) is 4.90 Å². The van der Waals surface area contributed by atoms with Crippen molar-refractivity contribution in [3.8, 4) is 0 Å². The summed E-state index contributed by atoms with van der Waals surface area (Å²) in [6.45, 7) is 5.14. The molecule has 0 aliphatic rings. The van der Waals surface area contributed by atoms with Gasteiger partial charge in [-0.15, -0.1) is 0 Å². The van der Waals surface area contributed by atoms with Crippen molar-refractivity contribution >= 4 is 28.7 Å². The summed E-state index contributed by atoms with van der Waals surface area (Å²) >= 11 is 0. The molecule has 2 aromatic rings. The van der Waals surface area contributed by atoms with Crippen molar-refractivity contribution in [2.24, 2.45) is 0 Å². The van der Waals surface area contributed by atoms with Gasteiger partial charge in [0.15, 0.2) is 5.58 Å². The maximum atomic E-state index is 11.8. The van der Waals surface area contributed by atoms with E-state index in [1.807, 2.05) is 13.8 Å². The Morgan fingerprint density at radius 2 is 2.14 bits per heavy atom. The highest BCUT2D eigenvalue weighted by Crippen LogP contribution is 2.23. The number of carbonyl (C=O) groups is 1. The van der Waals surface area contributed by atoms with E-state index in [0.29, 0.717) is 24.2 Å². The Bertz CT molecular complexity index is 663. The number of anilines is 1. The number of non-ortho nitro benzene ring substituents is 1. The summed E-state index contributed by atoms with van der Waals surface area (Å²) < 4.78 is 5.36. The van der Waals surface area contributed by atoms with Crippen molar-refractivity contribution in [2.45, 2.75) is 13.8 Å². The van der Waals surface area contributed by atoms with E-state index in [1.165, 1.54) is 18.2 Å². The van der Waals surface area contributed by atoms with Crippen LogP contribution in [-0.4, -0.2) is 40.3 Å². The third-order valence-corrected chi connectivity index (χ3v) is 3.09. The zero-order chi connectivity index (χ0) is 15.4. The van der Waals surface area contributed by atoms with Crippen LogP contribution in [0.4, 0.5) is 11.7 Å². The van der Waals surface area contributed by atoms with Gasteiger partial charge >= 0.3 is 0 Å². The number of fused-ring (bicyclic) bond motifs is 1. The first-order chi connectivity index (χ1) is 10.0. The third-order valence-electron chi connectivity index (χ3n) is 3.09. The number of amides is 1. The first-order valence-electron chi connectivity index (χ1n) is 6.61. The Morgan fingerprint density at radius 3 is 2.76 bits per heavy atom. The number of nitro benzene ring substituents is 1. The summed E-state index contributed by atoms with van der Waals surface area (Å²) in [5.41, 5.74) is 0.741. The molecule has 0 radical (unpaired) electrons. The molecule has 8 heteroatoms. The highest BCUT2D eigenvalue weighted by atomic mass is 16.6. The lowest BCUT2D eigenvalue weighted by molar-refractivity contribution is -0.384. The fraction of sp³-hybridized carbons (Fsp3) is 0.385. The Kier molecular flexibility index (Phi) is 4.36. The highest BCUT2D eigenvalue weighted by Gasteiger charge is 2.13. The Morgan fingerprint density at radius 1 is 1.43 bits per heavy atom. The molecule has 0 saturated heterocycles. The van der Waals surface area contributed by atoms with E-state index < -0.39 is 4.92 Å². The van der Waals surface area contributed by atoms with Crippen molar-refractivity contribution in [2.75, 3.05) is 25.0 Å². The zero-order valence-corrected chi connectivity index (χ0v) is 11.8. The first kappa shape index (κ1) is 14.8. The molecule has 1 aromatic carbocycles. The van der Waals surface area contributed by atoms with Crippen LogP contribution in [0.15, 0.2) is 22.6 Å². The molecule has 0 bridgehead atoms. The number of hydrogen-bond donors (Lipinski definition) is 1. The molecule has 1 aromatic heterocycles. The smallest absolute Gasteiger partial charge is 0.296 e. The molecule has 1 N–H and O–H groups in total. The van der Waals surface area contributed by atoms with Gasteiger partial charge in [-0.1, -0.05) is 0 Å². The van der Waals surface area contributed by atoms with Crippen LogP contribution in [-0.2, 0) is 4.79 Å². The number of nitrogens with one attached hydrogen (secondary N) is 1. The van der Waals surface area contributed by atoms with E-state index in [4.69, 9.17) is 4.42 Å². The van der Waals surface area contributed by atoms with Gasteiger partial charge in [0.2, 0.25) is 5.91 Å². The summed E-state index contributed by atoms with van der Waals surface area (Å²) in [5.74, 6) is -0.0618. The standard InChI is InChI=1S/C13H16N4O4/c1-3-16(4-2)12(18)8-14-13-15-10-6-5-9(17(19)20)7-11(10)21-13/h5-7H,3-4,8H2,1-2H3,(H,14,15). The summed E-state index contributed by atoms with van der Waals surface area (Å²) in [5, 5.41) is 13.5. The van der Waals surface area contributed by atoms with Crippen LogP contribution in [0.3, 0.4) is 0 Å². The van der Waals surface area contributed by atoms with Crippen LogP contribution in [0.1, 0.15) is 13.8 Å². The molecule has 0 atom stereocenters. The first-order valence-corrected chi connectivity index (χ1v) is 6.61. The Balaban J connectivity index is 2.09. The predicted octanol–water partition coefficient (Wildman–Crippen LogP) is 2.02. The average molecular weight is 292 g/mol. The number of aromatic nitrogens is 1. The number of oxazole rings is 1. The van der Waals surface area contributed by atoms with E-state index in [2.05, 4.69) is 10.3 Å². The van der Waals surface area contributed by atoms with Gasteiger partial charge in [-0.25, -0.2) is 0 Å². The van der Waals surface area contributed by atoms with Gasteiger partial charge in [0.25, 0.3) is 11.7 Å². The second kappa shape index (κ2) is 6.21. The summed E-state index contributed by atoms with van der Waals surface area (Å²) in [6.07, 6.45) is 0. The SMILES string of the molecule is CCN(CC)C(=O)CNc1nc2ccc([N+](=O)[O-])cc2o1. The molecule has 8 nitrogen and oxygen atoms in total. The van der Waals surface area contributed by atoms with Gasteiger partial charge in [-0.2, -0.15) is 4.98 Å². The Labute approximate surface area is 120 Å².